The van der Waals surface area contributed by atoms with Gasteiger partial charge in [0.2, 0.25) is 5.91 Å². The fourth-order valence-electron chi connectivity index (χ4n) is 3.17. The van der Waals surface area contributed by atoms with Gasteiger partial charge >= 0.3 is 0 Å². The summed E-state index contributed by atoms with van der Waals surface area (Å²) in [7, 11) is 1.52. The lowest BCUT2D eigenvalue weighted by Gasteiger charge is -2.23. The first-order chi connectivity index (χ1) is 12.0. The monoisotopic (exact) mass is 338 g/mol. The maximum absolute atomic E-state index is 12.4. The molecule has 25 heavy (non-hydrogen) atoms. The summed E-state index contributed by atoms with van der Waals surface area (Å²) in [6.45, 7) is 3.85. The molecule has 0 fully saturated rings. The van der Waals surface area contributed by atoms with E-state index in [-0.39, 0.29) is 17.7 Å². The molecule has 5 nitrogen and oxygen atoms in total. The molecule has 1 N–H and O–H groups in total. The third kappa shape index (κ3) is 3.22. The molecule has 0 unspecified atom stereocenters. The SMILES string of the molecule is CCC(=O)N1N=C(c2cccc(C)c2)C[C@H]1c1cccc(O)c1OC. The van der Waals surface area contributed by atoms with E-state index in [9.17, 15) is 9.90 Å². The first-order valence-electron chi connectivity index (χ1n) is 8.37. The van der Waals surface area contributed by atoms with Crippen molar-refractivity contribution >= 4 is 11.6 Å². The van der Waals surface area contributed by atoms with Gasteiger partial charge in [-0.25, -0.2) is 5.01 Å². The number of aryl methyl sites for hydroxylation is 1. The van der Waals surface area contributed by atoms with Crippen LogP contribution in [0.3, 0.4) is 0 Å². The van der Waals surface area contributed by atoms with Gasteiger partial charge in [0.25, 0.3) is 0 Å². The maximum Gasteiger partial charge on any atom is 0.242 e. The van der Waals surface area contributed by atoms with Crippen LogP contribution in [0.15, 0.2) is 47.6 Å². The van der Waals surface area contributed by atoms with E-state index in [0.29, 0.717) is 18.6 Å². The Hall–Kier alpha value is -2.82. The summed E-state index contributed by atoms with van der Waals surface area (Å²) < 4.78 is 5.37. The molecule has 2 aromatic rings. The van der Waals surface area contributed by atoms with Gasteiger partial charge in [0, 0.05) is 18.4 Å². The van der Waals surface area contributed by atoms with Crippen LogP contribution in [-0.4, -0.2) is 28.8 Å². The molecule has 0 aromatic heterocycles. The molecule has 1 amide bonds. The van der Waals surface area contributed by atoms with Gasteiger partial charge in [-0.15, -0.1) is 0 Å². The zero-order valence-electron chi connectivity index (χ0n) is 14.7. The van der Waals surface area contributed by atoms with Crippen molar-refractivity contribution in [1.29, 1.82) is 0 Å². The van der Waals surface area contributed by atoms with E-state index in [0.717, 1.165) is 22.4 Å². The maximum atomic E-state index is 12.4. The highest BCUT2D eigenvalue weighted by Gasteiger charge is 2.34. The average molecular weight is 338 g/mol. The van der Waals surface area contributed by atoms with Gasteiger partial charge in [0.15, 0.2) is 11.5 Å². The molecule has 0 radical (unpaired) electrons. The molecule has 0 aliphatic carbocycles. The predicted octanol–water partition coefficient (Wildman–Crippen LogP) is 3.80. The number of nitrogens with zero attached hydrogens (tertiary/aromatic N) is 2. The van der Waals surface area contributed by atoms with Crippen LogP contribution in [0.1, 0.15) is 42.5 Å². The van der Waals surface area contributed by atoms with Gasteiger partial charge in [-0.3, -0.25) is 4.79 Å². The summed E-state index contributed by atoms with van der Waals surface area (Å²) in [6, 6.07) is 13.0. The highest BCUT2D eigenvalue weighted by molar-refractivity contribution is 6.03. The molecule has 2 aromatic carbocycles. The highest BCUT2D eigenvalue weighted by Crippen LogP contribution is 2.41. The van der Waals surface area contributed by atoms with Gasteiger partial charge in [-0.05, 0) is 18.6 Å². The molecule has 1 atom stereocenters. The summed E-state index contributed by atoms with van der Waals surface area (Å²) in [5.41, 5.74) is 3.78. The smallest absolute Gasteiger partial charge is 0.242 e. The average Bonchev–Trinajstić information content (AvgIpc) is 3.06. The van der Waals surface area contributed by atoms with Crippen LogP contribution in [0.2, 0.25) is 0 Å². The van der Waals surface area contributed by atoms with Gasteiger partial charge in [0.1, 0.15) is 0 Å². The Bertz CT molecular complexity index is 829. The third-order valence-corrected chi connectivity index (χ3v) is 4.41. The first kappa shape index (κ1) is 17.0. The largest absolute Gasteiger partial charge is 0.504 e. The number of amides is 1. The Labute approximate surface area is 147 Å². The molecule has 130 valence electrons. The van der Waals surface area contributed by atoms with Crippen LogP contribution in [-0.2, 0) is 4.79 Å². The van der Waals surface area contributed by atoms with Crippen LogP contribution in [0.4, 0.5) is 0 Å². The molecule has 1 heterocycles. The summed E-state index contributed by atoms with van der Waals surface area (Å²) in [6.07, 6.45) is 0.942. The molecule has 5 heteroatoms. The van der Waals surface area contributed by atoms with Gasteiger partial charge in [-0.1, -0.05) is 48.9 Å². The number of phenolic OH excluding ortho intramolecular Hbond substituents is 1. The minimum atomic E-state index is -0.287. The molecule has 0 bridgehead atoms. The van der Waals surface area contributed by atoms with E-state index in [1.165, 1.54) is 12.1 Å². The Morgan fingerprint density at radius 3 is 2.76 bits per heavy atom. The Morgan fingerprint density at radius 1 is 1.32 bits per heavy atom. The number of methoxy groups -OCH3 is 1. The zero-order valence-corrected chi connectivity index (χ0v) is 14.7. The minimum absolute atomic E-state index is 0.0574. The number of ether oxygens (including phenoxy) is 1. The molecular weight excluding hydrogens is 316 g/mol. The Morgan fingerprint density at radius 2 is 2.08 bits per heavy atom. The predicted molar refractivity (Wildman–Crippen MR) is 96.9 cm³/mol. The van der Waals surface area contributed by atoms with E-state index in [2.05, 4.69) is 11.2 Å². The van der Waals surface area contributed by atoms with Crippen molar-refractivity contribution in [3.8, 4) is 11.5 Å². The number of carbonyl (C=O) groups is 1. The van der Waals surface area contributed by atoms with Crippen molar-refractivity contribution in [3.63, 3.8) is 0 Å². The zero-order chi connectivity index (χ0) is 18.0. The van der Waals surface area contributed by atoms with Gasteiger partial charge in [-0.2, -0.15) is 5.10 Å². The number of para-hydroxylation sites is 1. The number of hydrogen-bond donors (Lipinski definition) is 1. The van der Waals surface area contributed by atoms with E-state index >= 15 is 0 Å². The fraction of sp³-hybridized carbons (Fsp3) is 0.300. The van der Waals surface area contributed by atoms with Crippen LogP contribution in [0.5, 0.6) is 11.5 Å². The molecule has 0 saturated heterocycles. The van der Waals surface area contributed by atoms with Crippen molar-refractivity contribution in [3.05, 3.63) is 59.2 Å². The number of rotatable bonds is 4. The normalized spacial score (nSPS) is 16.7. The second-order valence-electron chi connectivity index (χ2n) is 6.13. The van der Waals surface area contributed by atoms with Crippen LogP contribution >= 0.6 is 0 Å². The lowest BCUT2D eigenvalue weighted by molar-refractivity contribution is -0.132. The molecule has 0 spiro atoms. The standard InChI is InChI=1S/C20H22N2O3/c1-4-19(24)22-17(15-9-6-10-18(23)20(15)25-3)12-16(21-22)14-8-5-7-13(2)11-14/h5-11,17,23H,4,12H2,1-3H3/t17-/m0/s1. The van der Waals surface area contributed by atoms with E-state index in [1.807, 2.05) is 38.1 Å². The second-order valence-corrected chi connectivity index (χ2v) is 6.13. The summed E-state index contributed by atoms with van der Waals surface area (Å²) in [5, 5.41) is 16.2. The van der Waals surface area contributed by atoms with Gasteiger partial charge < -0.3 is 9.84 Å². The summed E-state index contributed by atoms with van der Waals surface area (Å²) >= 11 is 0. The van der Waals surface area contributed by atoms with Crippen LogP contribution in [0.25, 0.3) is 0 Å². The first-order valence-corrected chi connectivity index (χ1v) is 8.37. The minimum Gasteiger partial charge on any atom is -0.504 e. The Kier molecular flexibility index (Phi) is 4.74. The number of hydrazone groups is 1. The summed E-state index contributed by atoms with van der Waals surface area (Å²) in [4.78, 5) is 12.4. The second kappa shape index (κ2) is 6.97. The topological polar surface area (TPSA) is 62.1 Å². The molecule has 1 aliphatic heterocycles. The van der Waals surface area contributed by atoms with Crippen molar-refractivity contribution in [2.24, 2.45) is 5.10 Å². The van der Waals surface area contributed by atoms with Crippen LogP contribution in [0, 0.1) is 6.92 Å². The lowest BCUT2D eigenvalue weighted by atomic mass is 9.96. The highest BCUT2D eigenvalue weighted by atomic mass is 16.5. The van der Waals surface area contributed by atoms with Crippen molar-refractivity contribution in [2.45, 2.75) is 32.7 Å². The van der Waals surface area contributed by atoms with E-state index in [4.69, 9.17) is 4.74 Å². The Balaban J connectivity index is 2.03. The van der Waals surface area contributed by atoms with Crippen molar-refractivity contribution in [1.82, 2.24) is 5.01 Å². The number of aromatic hydroxyl groups is 1. The third-order valence-electron chi connectivity index (χ3n) is 4.41. The fourth-order valence-corrected chi connectivity index (χ4v) is 3.17. The number of hydrogen-bond acceptors (Lipinski definition) is 4. The number of carbonyl (C=O) groups excluding carboxylic acids is 1. The van der Waals surface area contributed by atoms with Crippen molar-refractivity contribution in [2.75, 3.05) is 7.11 Å². The van der Waals surface area contributed by atoms with E-state index < -0.39 is 0 Å². The van der Waals surface area contributed by atoms with Crippen molar-refractivity contribution < 1.29 is 14.6 Å². The molecule has 1 aliphatic rings. The van der Waals surface area contributed by atoms with E-state index in [1.54, 1.807) is 12.1 Å². The number of phenols is 1. The summed E-state index contributed by atoms with van der Waals surface area (Å²) in [5.74, 6) is 0.396. The molecule has 3 rings (SSSR count). The van der Waals surface area contributed by atoms with Gasteiger partial charge in [0.05, 0.1) is 18.9 Å². The van der Waals surface area contributed by atoms with Crippen LogP contribution < -0.4 is 4.74 Å². The molecule has 0 saturated carbocycles. The number of benzene rings is 2. The lowest BCUT2D eigenvalue weighted by Crippen LogP contribution is -2.26. The quantitative estimate of drug-likeness (QED) is 0.922. The molecular formula is C20H22N2O3.